The van der Waals surface area contributed by atoms with Crippen LogP contribution in [0.4, 0.5) is 0 Å². The summed E-state index contributed by atoms with van der Waals surface area (Å²) in [5.74, 6) is 0. The molecule has 1 unspecified atom stereocenters. The molecule has 0 aliphatic carbocycles. The smallest absolute Gasteiger partial charge is 0.211 e. The third kappa shape index (κ3) is 2.89. The van der Waals surface area contributed by atoms with Gasteiger partial charge in [0.25, 0.3) is 10.2 Å². The number of aliphatic imine (C=N–C) groups is 1. The van der Waals surface area contributed by atoms with Gasteiger partial charge < -0.3 is 0 Å². The highest BCUT2D eigenvalue weighted by Gasteiger charge is 2.32. The average Bonchev–Trinajstić information content (AvgIpc) is 2.44. The summed E-state index contributed by atoms with van der Waals surface area (Å²) in [6.45, 7) is 0.413. The zero-order valence-electron chi connectivity index (χ0n) is 9.59. The zero-order chi connectivity index (χ0) is 12.2. The summed E-state index contributed by atoms with van der Waals surface area (Å²) in [7, 11) is -0.552. The van der Waals surface area contributed by atoms with Crippen molar-refractivity contribution in [2.24, 2.45) is 4.99 Å². The van der Waals surface area contributed by atoms with Crippen LogP contribution in [0.5, 0.6) is 0 Å². The maximum absolute atomic E-state index is 12.0. The van der Waals surface area contributed by atoms with Gasteiger partial charge in [0.2, 0.25) is 6.08 Å². The van der Waals surface area contributed by atoms with E-state index in [1.165, 1.54) is 24.5 Å². The second-order valence-corrected chi connectivity index (χ2v) is 6.05. The van der Waals surface area contributed by atoms with E-state index in [9.17, 15) is 13.2 Å². The van der Waals surface area contributed by atoms with Crippen molar-refractivity contribution in [2.45, 2.75) is 31.8 Å². The first-order valence-corrected chi connectivity index (χ1v) is 6.66. The number of hydrogen-bond acceptors (Lipinski definition) is 4. The van der Waals surface area contributed by atoms with Crippen molar-refractivity contribution >= 4 is 16.3 Å². The van der Waals surface area contributed by atoms with E-state index in [0.29, 0.717) is 13.0 Å². The lowest BCUT2D eigenvalue weighted by Gasteiger charge is -2.27. The van der Waals surface area contributed by atoms with Crippen molar-refractivity contribution in [2.75, 3.05) is 20.6 Å². The van der Waals surface area contributed by atoms with Gasteiger partial charge in [-0.1, -0.05) is 6.42 Å². The molecule has 16 heavy (non-hydrogen) atoms. The molecule has 0 aromatic rings. The minimum absolute atomic E-state index is 0.413. The van der Waals surface area contributed by atoms with Crippen molar-refractivity contribution < 1.29 is 13.2 Å². The minimum Gasteiger partial charge on any atom is -0.211 e. The topological polar surface area (TPSA) is 70.1 Å². The predicted molar refractivity (Wildman–Crippen MR) is 59.7 cm³/mol. The summed E-state index contributed by atoms with van der Waals surface area (Å²) in [5, 5.41) is 0. The molecule has 1 atom stereocenters. The average molecular weight is 247 g/mol. The van der Waals surface area contributed by atoms with E-state index < -0.39 is 16.4 Å². The van der Waals surface area contributed by atoms with Gasteiger partial charge in [0, 0.05) is 20.6 Å². The molecule has 6 nitrogen and oxygen atoms in total. The molecule has 1 aliphatic heterocycles. The largest absolute Gasteiger partial charge is 0.283 e. The van der Waals surface area contributed by atoms with Crippen LogP contribution in [0.3, 0.4) is 0 Å². The molecule has 1 heterocycles. The summed E-state index contributed by atoms with van der Waals surface area (Å²) < 4.78 is 26.4. The Morgan fingerprint density at radius 3 is 2.56 bits per heavy atom. The zero-order valence-corrected chi connectivity index (χ0v) is 10.4. The molecule has 0 spiro atoms. The number of nitrogens with zero attached hydrogens (tertiary/aromatic N) is 3. The molecule has 7 heteroatoms. The van der Waals surface area contributed by atoms with Gasteiger partial charge in [-0.2, -0.15) is 22.0 Å². The molecule has 1 fully saturated rings. The van der Waals surface area contributed by atoms with Gasteiger partial charge in [-0.15, -0.1) is 0 Å². The highest BCUT2D eigenvalue weighted by molar-refractivity contribution is 7.86. The Hall–Kier alpha value is -0.750. The SMILES string of the molecule is CN(C)S(=O)(=O)N1CCCCCC1N=C=O. The van der Waals surface area contributed by atoms with E-state index in [1.807, 2.05) is 0 Å². The van der Waals surface area contributed by atoms with E-state index in [4.69, 9.17) is 0 Å². The van der Waals surface area contributed by atoms with Crippen molar-refractivity contribution in [1.82, 2.24) is 8.61 Å². The van der Waals surface area contributed by atoms with Gasteiger partial charge in [-0.25, -0.2) is 4.79 Å². The van der Waals surface area contributed by atoms with E-state index in [0.717, 1.165) is 23.6 Å². The van der Waals surface area contributed by atoms with Gasteiger partial charge in [0.1, 0.15) is 6.17 Å². The summed E-state index contributed by atoms with van der Waals surface area (Å²) in [6.07, 6.45) is 4.10. The Morgan fingerprint density at radius 2 is 2.00 bits per heavy atom. The molecule has 1 rings (SSSR count). The third-order valence-corrected chi connectivity index (χ3v) is 4.57. The quantitative estimate of drug-likeness (QED) is 0.533. The first-order valence-electron chi connectivity index (χ1n) is 5.26. The second-order valence-electron chi connectivity index (χ2n) is 3.95. The van der Waals surface area contributed by atoms with Crippen LogP contribution < -0.4 is 0 Å². The first-order chi connectivity index (χ1) is 7.50. The van der Waals surface area contributed by atoms with E-state index in [2.05, 4.69) is 4.99 Å². The van der Waals surface area contributed by atoms with Crippen LogP contribution in [0.1, 0.15) is 25.7 Å². The molecule has 0 N–H and O–H groups in total. The Morgan fingerprint density at radius 1 is 1.31 bits per heavy atom. The minimum atomic E-state index is -3.50. The van der Waals surface area contributed by atoms with E-state index in [-0.39, 0.29) is 0 Å². The van der Waals surface area contributed by atoms with Gasteiger partial charge in [0.05, 0.1) is 0 Å². The molecule has 0 saturated carbocycles. The first kappa shape index (κ1) is 13.3. The highest BCUT2D eigenvalue weighted by Crippen LogP contribution is 2.21. The molecule has 0 radical (unpaired) electrons. The summed E-state index contributed by atoms with van der Waals surface area (Å²) in [4.78, 5) is 13.9. The molecule has 0 amide bonds. The number of isocyanates is 1. The molecule has 0 aromatic carbocycles. The molecular weight excluding hydrogens is 230 g/mol. The van der Waals surface area contributed by atoms with Crippen molar-refractivity contribution in [1.29, 1.82) is 0 Å². The lowest BCUT2D eigenvalue weighted by Crippen LogP contribution is -2.45. The Bertz CT molecular complexity index is 373. The fourth-order valence-corrected chi connectivity index (χ4v) is 2.97. The summed E-state index contributed by atoms with van der Waals surface area (Å²) in [5.41, 5.74) is 0. The normalized spacial score (nSPS) is 23.8. The van der Waals surface area contributed by atoms with Crippen LogP contribution in [0.15, 0.2) is 4.99 Å². The van der Waals surface area contributed by atoms with E-state index in [1.54, 1.807) is 0 Å². The second kappa shape index (κ2) is 5.54. The third-order valence-electron chi connectivity index (χ3n) is 2.63. The van der Waals surface area contributed by atoms with Gasteiger partial charge in [-0.05, 0) is 19.3 Å². The summed E-state index contributed by atoms with van der Waals surface area (Å²) in [6, 6.07) is 0. The van der Waals surface area contributed by atoms with Gasteiger partial charge in [0.15, 0.2) is 0 Å². The van der Waals surface area contributed by atoms with Gasteiger partial charge in [-0.3, -0.25) is 0 Å². The molecule has 92 valence electrons. The molecule has 1 saturated heterocycles. The van der Waals surface area contributed by atoms with E-state index >= 15 is 0 Å². The maximum Gasteiger partial charge on any atom is 0.283 e. The Kier molecular flexibility index (Phi) is 4.61. The standard InChI is InChI=1S/C9H17N3O3S/c1-11(2)16(14,15)12-7-5-3-4-6-9(12)10-8-13/h9H,3-7H2,1-2H3. The predicted octanol–water partition coefficient (Wildman–Crippen LogP) is 0.331. The summed E-state index contributed by atoms with van der Waals surface area (Å²) >= 11 is 0. The number of hydrogen-bond donors (Lipinski definition) is 0. The van der Waals surface area contributed by atoms with Gasteiger partial charge >= 0.3 is 0 Å². The molecule has 0 aromatic heterocycles. The molecular formula is C9H17N3O3S. The number of rotatable bonds is 3. The van der Waals surface area contributed by atoms with Crippen LogP contribution in [0, 0.1) is 0 Å². The lowest BCUT2D eigenvalue weighted by molar-refractivity contribution is 0.309. The lowest BCUT2D eigenvalue weighted by atomic mass is 10.2. The Balaban J connectivity index is 3.00. The monoisotopic (exact) mass is 247 g/mol. The van der Waals surface area contributed by atoms with Crippen molar-refractivity contribution in [3.63, 3.8) is 0 Å². The number of carbonyl (C=O) groups excluding carboxylic acids is 1. The van der Waals surface area contributed by atoms with Crippen LogP contribution in [-0.4, -0.2) is 49.9 Å². The van der Waals surface area contributed by atoms with Crippen LogP contribution in [-0.2, 0) is 15.0 Å². The fraction of sp³-hybridized carbons (Fsp3) is 0.889. The fourth-order valence-electron chi connectivity index (χ4n) is 1.73. The van der Waals surface area contributed by atoms with Crippen LogP contribution in [0.2, 0.25) is 0 Å². The molecule has 1 aliphatic rings. The Labute approximate surface area is 96.1 Å². The van der Waals surface area contributed by atoms with Crippen LogP contribution >= 0.6 is 0 Å². The molecule has 0 bridgehead atoms. The maximum atomic E-state index is 12.0. The van der Waals surface area contributed by atoms with Crippen LogP contribution in [0.25, 0.3) is 0 Å². The highest BCUT2D eigenvalue weighted by atomic mass is 32.2. The van der Waals surface area contributed by atoms with Crippen molar-refractivity contribution in [3.8, 4) is 0 Å². The van der Waals surface area contributed by atoms with Crippen molar-refractivity contribution in [3.05, 3.63) is 0 Å².